The standard InChI is InChI=1S/C11H23N5O3S/c1-3-4-7-15-10(9-5-6-9)14-8(2)16(13)11(15,12)20(17,18)19/h9-10H,3-7,12-13H2,1-2H3,(H,17,18,19). The highest BCUT2D eigenvalue weighted by atomic mass is 32.2. The van der Waals surface area contributed by atoms with Crippen molar-refractivity contribution >= 4 is 16.0 Å². The van der Waals surface area contributed by atoms with Gasteiger partial charge in [0.15, 0.2) is 0 Å². The molecule has 2 aliphatic rings. The molecule has 1 aliphatic heterocycles. The van der Waals surface area contributed by atoms with Crippen LogP contribution in [0.15, 0.2) is 4.99 Å². The number of amidine groups is 1. The van der Waals surface area contributed by atoms with Crippen molar-refractivity contribution in [2.45, 2.75) is 50.8 Å². The van der Waals surface area contributed by atoms with Gasteiger partial charge < -0.3 is 0 Å². The zero-order valence-electron chi connectivity index (χ0n) is 11.9. The van der Waals surface area contributed by atoms with Crippen LogP contribution in [0.3, 0.4) is 0 Å². The molecule has 5 N–H and O–H groups in total. The molecule has 2 rings (SSSR count). The Morgan fingerprint density at radius 2 is 2.10 bits per heavy atom. The van der Waals surface area contributed by atoms with Crippen molar-refractivity contribution in [1.29, 1.82) is 0 Å². The van der Waals surface area contributed by atoms with Gasteiger partial charge in [-0.3, -0.25) is 15.3 Å². The van der Waals surface area contributed by atoms with Gasteiger partial charge in [-0.15, -0.1) is 0 Å². The number of hydrogen-bond acceptors (Lipinski definition) is 7. The summed E-state index contributed by atoms with van der Waals surface area (Å²) in [6.07, 6.45) is 3.25. The van der Waals surface area contributed by atoms with Gasteiger partial charge in [-0.25, -0.2) is 15.8 Å². The third kappa shape index (κ3) is 2.44. The Hall–Kier alpha value is -0.740. The third-order valence-corrected chi connectivity index (χ3v) is 5.11. The van der Waals surface area contributed by atoms with E-state index in [4.69, 9.17) is 11.6 Å². The molecule has 0 radical (unpaired) electrons. The van der Waals surface area contributed by atoms with Gasteiger partial charge in [-0.1, -0.05) is 13.3 Å². The van der Waals surface area contributed by atoms with Gasteiger partial charge in [0.1, 0.15) is 12.0 Å². The van der Waals surface area contributed by atoms with Gasteiger partial charge in [0.05, 0.1) is 0 Å². The summed E-state index contributed by atoms with van der Waals surface area (Å²) in [5.74, 6) is 6.38. The summed E-state index contributed by atoms with van der Waals surface area (Å²) >= 11 is 0. The zero-order chi connectivity index (χ0) is 15.1. The highest BCUT2D eigenvalue weighted by Gasteiger charge is 2.57. The fourth-order valence-corrected chi connectivity index (χ4v) is 3.41. The van der Waals surface area contributed by atoms with Gasteiger partial charge in [0, 0.05) is 6.54 Å². The second-order valence-corrected chi connectivity index (χ2v) is 7.03. The highest BCUT2D eigenvalue weighted by Crippen LogP contribution is 2.41. The van der Waals surface area contributed by atoms with E-state index in [0.29, 0.717) is 12.4 Å². The molecule has 8 nitrogen and oxygen atoms in total. The van der Waals surface area contributed by atoms with E-state index < -0.39 is 15.2 Å². The van der Waals surface area contributed by atoms with Crippen LogP contribution < -0.4 is 11.6 Å². The van der Waals surface area contributed by atoms with Gasteiger partial charge >= 0.3 is 10.1 Å². The molecule has 0 aromatic rings. The predicted molar refractivity (Wildman–Crippen MR) is 75.7 cm³/mol. The number of unbranched alkanes of at least 4 members (excludes halogenated alkanes) is 1. The molecule has 0 spiro atoms. The van der Waals surface area contributed by atoms with Gasteiger partial charge in [-0.2, -0.15) is 8.42 Å². The van der Waals surface area contributed by atoms with E-state index in [-0.39, 0.29) is 12.1 Å². The number of rotatable bonds is 5. The SMILES string of the molecule is CCCCN1C(C2CC2)N=C(C)N(N)C1(N)S(=O)(=O)O. The molecule has 0 aromatic heterocycles. The van der Waals surface area contributed by atoms with Crippen LogP contribution in [0.25, 0.3) is 0 Å². The van der Waals surface area contributed by atoms with Crippen molar-refractivity contribution < 1.29 is 13.0 Å². The molecule has 0 aromatic carbocycles. The molecule has 116 valence electrons. The number of aliphatic imine (C=N–C) groups is 1. The van der Waals surface area contributed by atoms with Crippen LogP contribution in [-0.2, 0) is 10.1 Å². The minimum absolute atomic E-state index is 0.278. The molecule has 9 heteroatoms. The molecule has 1 saturated carbocycles. The van der Waals surface area contributed by atoms with E-state index >= 15 is 0 Å². The summed E-state index contributed by atoms with van der Waals surface area (Å²) in [6, 6.07) is 0. The normalized spacial score (nSPS) is 32.4. The van der Waals surface area contributed by atoms with E-state index in [0.717, 1.165) is 30.7 Å². The van der Waals surface area contributed by atoms with Gasteiger partial charge in [0.2, 0.25) is 0 Å². The van der Waals surface area contributed by atoms with Crippen molar-refractivity contribution in [3.8, 4) is 0 Å². The van der Waals surface area contributed by atoms with Crippen LogP contribution in [-0.4, -0.2) is 46.5 Å². The number of hydrogen-bond donors (Lipinski definition) is 3. The molecule has 1 aliphatic carbocycles. The first kappa shape index (κ1) is 15.6. The Bertz CT molecular complexity index is 504. The summed E-state index contributed by atoms with van der Waals surface area (Å²) in [5.41, 5.74) is 6.02. The summed E-state index contributed by atoms with van der Waals surface area (Å²) in [5, 5.41) is -1.31. The Morgan fingerprint density at radius 3 is 2.55 bits per heavy atom. The molecule has 2 atom stereocenters. The molecule has 20 heavy (non-hydrogen) atoms. The fraction of sp³-hybridized carbons (Fsp3) is 0.909. The summed E-state index contributed by atoms with van der Waals surface area (Å²) < 4.78 is 33.3. The van der Waals surface area contributed by atoms with E-state index in [9.17, 15) is 13.0 Å². The maximum atomic E-state index is 11.8. The summed E-state index contributed by atoms with van der Waals surface area (Å²) in [7, 11) is -4.60. The molecule has 2 unspecified atom stereocenters. The average molecular weight is 305 g/mol. The summed E-state index contributed by atoms with van der Waals surface area (Å²) in [4.78, 5) is 5.97. The maximum Gasteiger partial charge on any atom is 0.320 e. The highest BCUT2D eigenvalue weighted by molar-refractivity contribution is 7.87. The van der Waals surface area contributed by atoms with E-state index in [1.54, 1.807) is 6.92 Å². The first-order chi connectivity index (χ1) is 9.23. The van der Waals surface area contributed by atoms with Crippen LogP contribution in [0, 0.1) is 5.92 Å². The van der Waals surface area contributed by atoms with E-state index in [1.165, 1.54) is 4.90 Å². The third-order valence-electron chi connectivity index (χ3n) is 3.92. The van der Waals surface area contributed by atoms with Crippen molar-refractivity contribution in [1.82, 2.24) is 9.91 Å². The minimum atomic E-state index is -4.60. The second kappa shape index (κ2) is 5.23. The van der Waals surface area contributed by atoms with Gasteiger partial charge in [0.25, 0.3) is 5.12 Å². The molecule has 0 saturated heterocycles. The van der Waals surface area contributed by atoms with Crippen molar-refractivity contribution in [2.75, 3.05) is 6.54 Å². The number of nitrogens with zero attached hydrogens (tertiary/aromatic N) is 3. The molecule has 1 heterocycles. The van der Waals surface area contributed by atoms with Crippen molar-refractivity contribution in [2.24, 2.45) is 22.5 Å². The van der Waals surface area contributed by atoms with Crippen LogP contribution in [0.1, 0.15) is 39.5 Å². The second-order valence-electron chi connectivity index (χ2n) is 5.48. The Labute approximate surface area is 119 Å². The van der Waals surface area contributed by atoms with Crippen molar-refractivity contribution in [3.63, 3.8) is 0 Å². The van der Waals surface area contributed by atoms with Gasteiger partial charge in [-0.05, 0) is 32.1 Å². The minimum Gasteiger partial charge on any atom is -0.282 e. The van der Waals surface area contributed by atoms with E-state index in [2.05, 4.69) is 4.99 Å². The van der Waals surface area contributed by atoms with E-state index in [1.807, 2.05) is 6.92 Å². The first-order valence-corrected chi connectivity index (χ1v) is 8.29. The Kier molecular flexibility index (Phi) is 4.09. The smallest absolute Gasteiger partial charge is 0.282 e. The van der Waals surface area contributed by atoms with Crippen LogP contribution in [0.5, 0.6) is 0 Å². The monoisotopic (exact) mass is 305 g/mol. The lowest BCUT2D eigenvalue weighted by molar-refractivity contribution is -0.0104. The first-order valence-electron chi connectivity index (χ1n) is 6.85. The Morgan fingerprint density at radius 1 is 1.50 bits per heavy atom. The zero-order valence-corrected chi connectivity index (χ0v) is 12.7. The fourth-order valence-electron chi connectivity index (χ4n) is 2.53. The molecule has 1 fully saturated rings. The van der Waals surface area contributed by atoms with Crippen LogP contribution >= 0.6 is 0 Å². The summed E-state index contributed by atoms with van der Waals surface area (Å²) in [6.45, 7) is 4.01. The molecule has 0 bridgehead atoms. The van der Waals surface area contributed by atoms with Crippen LogP contribution in [0.2, 0.25) is 0 Å². The lowest BCUT2D eigenvalue weighted by atomic mass is 10.2. The average Bonchev–Trinajstić information content (AvgIpc) is 3.17. The lowest BCUT2D eigenvalue weighted by Gasteiger charge is -2.49. The molecular formula is C11H23N5O3S. The largest absolute Gasteiger partial charge is 0.320 e. The quantitative estimate of drug-likeness (QED) is 0.478. The molecular weight excluding hydrogens is 282 g/mol. The topological polar surface area (TPSA) is 125 Å². The van der Waals surface area contributed by atoms with Crippen molar-refractivity contribution in [3.05, 3.63) is 0 Å². The predicted octanol–water partition coefficient (Wildman–Crippen LogP) is -0.110. The lowest BCUT2D eigenvalue weighted by Crippen LogP contribution is -2.78. The Balaban J connectivity index is 2.46. The molecule has 0 amide bonds. The van der Waals surface area contributed by atoms with Crippen LogP contribution in [0.4, 0.5) is 0 Å². The maximum absolute atomic E-state index is 11.8. The number of hydrazine groups is 1. The number of nitrogens with two attached hydrogens (primary N) is 2.